The molecule has 0 bridgehead atoms. The fourth-order valence-electron chi connectivity index (χ4n) is 2.46. The second-order valence-electron chi connectivity index (χ2n) is 5.84. The zero-order valence-electron chi connectivity index (χ0n) is 15.3. The number of pyridine rings is 1. The SMILES string of the molecule is CN=C(NCCCn1nc(C)cc1C)NCCNc1ncc(Cl)cc1Cl. The van der Waals surface area contributed by atoms with Gasteiger partial charge in [-0.1, -0.05) is 23.2 Å². The Hall–Kier alpha value is -1.99. The summed E-state index contributed by atoms with van der Waals surface area (Å²) in [4.78, 5) is 8.37. The molecule has 9 heteroatoms. The third-order valence-corrected chi connectivity index (χ3v) is 4.18. The van der Waals surface area contributed by atoms with Crippen LogP contribution in [0.25, 0.3) is 0 Å². The lowest BCUT2D eigenvalue weighted by Gasteiger charge is -2.13. The Kier molecular flexibility index (Phi) is 8.00. The van der Waals surface area contributed by atoms with Gasteiger partial charge in [-0.15, -0.1) is 0 Å². The Morgan fingerprint density at radius 3 is 2.58 bits per heavy atom. The van der Waals surface area contributed by atoms with Gasteiger partial charge in [0.25, 0.3) is 0 Å². The largest absolute Gasteiger partial charge is 0.367 e. The fourth-order valence-corrected chi connectivity index (χ4v) is 2.91. The highest BCUT2D eigenvalue weighted by molar-refractivity contribution is 6.35. The van der Waals surface area contributed by atoms with Crippen molar-refractivity contribution in [3.63, 3.8) is 0 Å². The second-order valence-corrected chi connectivity index (χ2v) is 6.68. The maximum Gasteiger partial charge on any atom is 0.191 e. The van der Waals surface area contributed by atoms with Gasteiger partial charge in [0.2, 0.25) is 0 Å². The van der Waals surface area contributed by atoms with Gasteiger partial charge in [-0.2, -0.15) is 5.10 Å². The van der Waals surface area contributed by atoms with E-state index in [2.05, 4.69) is 44.0 Å². The van der Waals surface area contributed by atoms with Crippen molar-refractivity contribution in [2.45, 2.75) is 26.8 Å². The number of halogens is 2. The Balaban J connectivity index is 1.64. The van der Waals surface area contributed by atoms with Crippen molar-refractivity contribution in [1.29, 1.82) is 0 Å². The molecule has 2 aromatic heterocycles. The third kappa shape index (κ3) is 6.38. The van der Waals surface area contributed by atoms with Crippen LogP contribution < -0.4 is 16.0 Å². The minimum Gasteiger partial charge on any atom is -0.367 e. The molecule has 26 heavy (non-hydrogen) atoms. The maximum atomic E-state index is 6.07. The molecule has 0 aliphatic carbocycles. The predicted molar refractivity (Wildman–Crippen MR) is 108 cm³/mol. The Bertz CT molecular complexity index is 743. The molecule has 0 unspecified atom stereocenters. The normalized spacial score (nSPS) is 11.5. The van der Waals surface area contributed by atoms with E-state index in [9.17, 15) is 0 Å². The van der Waals surface area contributed by atoms with Gasteiger partial charge in [-0.05, 0) is 32.4 Å². The molecule has 7 nitrogen and oxygen atoms in total. The number of guanidine groups is 1. The minimum absolute atomic E-state index is 0.504. The number of hydrogen-bond donors (Lipinski definition) is 3. The molecule has 0 atom stereocenters. The van der Waals surface area contributed by atoms with Crippen molar-refractivity contribution < 1.29 is 0 Å². The number of aromatic nitrogens is 3. The highest BCUT2D eigenvalue weighted by atomic mass is 35.5. The molecule has 2 aromatic rings. The number of nitrogens with one attached hydrogen (secondary N) is 3. The molecule has 0 saturated carbocycles. The molecule has 0 aromatic carbocycles. The highest BCUT2D eigenvalue weighted by Gasteiger charge is 2.03. The quantitative estimate of drug-likeness (QED) is 0.362. The molecule has 2 heterocycles. The number of hydrogen-bond acceptors (Lipinski definition) is 4. The minimum atomic E-state index is 0.504. The van der Waals surface area contributed by atoms with Gasteiger partial charge in [0.1, 0.15) is 5.82 Å². The van der Waals surface area contributed by atoms with Gasteiger partial charge >= 0.3 is 0 Å². The summed E-state index contributed by atoms with van der Waals surface area (Å²) < 4.78 is 2.03. The molecule has 142 valence electrons. The predicted octanol–water partition coefficient (Wildman–Crippen LogP) is 2.87. The lowest BCUT2D eigenvalue weighted by Crippen LogP contribution is -2.40. The van der Waals surface area contributed by atoms with Crippen molar-refractivity contribution in [3.05, 3.63) is 39.8 Å². The van der Waals surface area contributed by atoms with Crippen LogP contribution in [0.4, 0.5) is 5.82 Å². The zero-order chi connectivity index (χ0) is 18.9. The summed E-state index contributed by atoms with van der Waals surface area (Å²) in [6, 6.07) is 3.75. The highest BCUT2D eigenvalue weighted by Crippen LogP contribution is 2.21. The first-order valence-electron chi connectivity index (χ1n) is 8.50. The molecule has 2 rings (SSSR count). The molecule has 0 amide bonds. The van der Waals surface area contributed by atoms with Crippen LogP contribution in [-0.4, -0.2) is 47.4 Å². The van der Waals surface area contributed by atoms with Crippen LogP contribution in [0.3, 0.4) is 0 Å². The van der Waals surface area contributed by atoms with Crippen molar-refractivity contribution in [3.8, 4) is 0 Å². The molecule has 0 fully saturated rings. The maximum absolute atomic E-state index is 6.07. The van der Waals surface area contributed by atoms with Crippen LogP contribution in [0, 0.1) is 13.8 Å². The average molecular weight is 398 g/mol. The standard InChI is InChI=1S/C17H25Cl2N7/c1-12-9-13(2)26(25-12)8-4-5-22-17(20-3)23-7-6-21-16-15(19)10-14(18)11-24-16/h9-11H,4-8H2,1-3H3,(H,21,24)(H2,20,22,23). The van der Waals surface area contributed by atoms with Crippen molar-refractivity contribution in [2.75, 3.05) is 32.0 Å². The van der Waals surface area contributed by atoms with Crippen LogP contribution in [0.1, 0.15) is 17.8 Å². The average Bonchev–Trinajstić information content (AvgIpc) is 2.92. The second kappa shape index (κ2) is 10.2. The summed E-state index contributed by atoms with van der Waals surface area (Å²) in [7, 11) is 1.75. The van der Waals surface area contributed by atoms with Gasteiger partial charge in [0.15, 0.2) is 5.96 Å². The zero-order valence-corrected chi connectivity index (χ0v) is 16.8. The summed E-state index contributed by atoms with van der Waals surface area (Å²) in [6.07, 6.45) is 2.53. The van der Waals surface area contributed by atoms with Crippen molar-refractivity contribution in [2.24, 2.45) is 4.99 Å². The van der Waals surface area contributed by atoms with Gasteiger partial charge in [-0.3, -0.25) is 9.67 Å². The van der Waals surface area contributed by atoms with Gasteiger partial charge in [-0.25, -0.2) is 4.98 Å². The van der Waals surface area contributed by atoms with E-state index in [1.54, 1.807) is 19.3 Å². The van der Waals surface area contributed by atoms with Crippen LogP contribution in [0.5, 0.6) is 0 Å². The summed E-state index contributed by atoms with van der Waals surface area (Å²) in [5.41, 5.74) is 2.24. The Morgan fingerprint density at radius 2 is 1.92 bits per heavy atom. The van der Waals surface area contributed by atoms with E-state index in [0.29, 0.717) is 29.0 Å². The Morgan fingerprint density at radius 1 is 1.15 bits per heavy atom. The van der Waals surface area contributed by atoms with E-state index in [0.717, 1.165) is 31.2 Å². The van der Waals surface area contributed by atoms with E-state index in [1.807, 2.05) is 11.6 Å². The first-order chi connectivity index (χ1) is 12.5. The topological polar surface area (TPSA) is 79.2 Å². The Labute approximate surface area is 164 Å². The third-order valence-electron chi connectivity index (χ3n) is 3.68. The number of aliphatic imine (C=N–C) groups is 1. The first kappa shape index (κ1) is 20.3. The summed E-state index contributed by atoms with van der Waals surface area (Å²) in [6.45, 7) is 7.11. The molecule has 0 aliphatic heterocycles. The van der Waals surface area contributed by atoms with E-state index in [1.165, 1.54) is 5.69 Å². The van der Waals surface area contributed by atoms with Crippen molar-refractivity contribution in [1.82, 2.24) is 25.4 Å². The van der Waals surface area contributed by atoms with E-state index >= 15 is 0 Å². The number of rotatable bonds is 8. The van der Waals surface area contributed by atoms with Crippen LogP contribution in [0.2, 0.25) is 10.0 Å². The number of aryl methyl sites for hydroxylation is 3. The van der Waals surface area contributed by atoms with Crippen LogP contribution >= 0.6 is 23.2 Å². The lowest BCUT2D eigenvalue weighted by atomic mass is 10.4. The molecular formula is C17H25Cl2N7. The molecular weight excluding hydrogens is 373 g/mol. The summed E-state index contributed by atoms with van der Waals surface area (Å²) >= 11 is 11.9. The summed E-state index contributed by atoms with van der Waals surface area (Å²) in [5, 5.41) is 15.2. The molecule has 0 radical (unpaired) electrons. The smallest absolute Gasteiger partial charge is 0.191 e. The van der Waals surface area contributed by atoms with Gasteiger partial charge in [0.05, 0.1) is 15.7 Å². The monoisotopic (exact) mass is 397 g/mol. The molecule has 0 saturated heterocycles. The first-order valence-corrected chi connectivity index (χ1v) is 9.25. The molecule has 0 aliphatic rings. The van der Waals surface area contributed by atoms with E-state index in [4.69, 9.17) is 23.2 Å². The van der Waals surface area contributed by atoms with E-state index < -0.39 is 0 Å². The van der Waals surface area contributed by atoms with Crippen LogP contribution in [-0.2, 0) is 6.54 Å². The molecule has 0 spiro atoms. The fraction of sp³-hybridized carbons (Fsp3) is 0.471. The van der Waals surface area contributed by atoms with E-state index in [-0.39, 0.29) is 0 Å². The number of anilines is 1. The van der Waals surface area contributed by atoms with Crippen LogP contribution in [0.15, 0.2) is 23.3 Å². The van der Waals surface area contributed by atoms with Crippen molar-refractivity contribution >= 4 is 35.0 Å². The number of nitrogens with zero attached hydrogens (tertiary/aromatic N) is 4. The van der Waals surface area contributed by atoms with Gasteiger partial charge in [0, 0.05) is 45.1 Å². The molecule has 3 N–H and O–H groups in total. The van der Waals surface area contributed by atoms with Gasteiger partial charge < -0.3 is 16.0 Å². The summed E-state index contributed by atoms with van der Waals surface area (Å²) in [5.74, 6) is 1.38. The lowest BCUT2D eigenvalue weighted by molar-refractivity contribution is 0.555.